The van der Waals surface area contributed by atoms with Crippen molar-refractivity contribution in [3.8, 4) is 0 Å². The molecule has 0 aliphatic carbocycles. The van der Waals surface area contributed by atoms with Crippen LogP contribution in [0.4, 0.5) is 0 Å². The summed E-state index contributed by atoms with van der Waals surface area (Å²) in [6.07, 6.45) is 5.56. The molecule has 1 aliphatic rings. The molecule has 90 valence electrons. The molecule has 1 rings (SSSR count). The smallest absolute Gasteiger partial charge is 0.0101 e. The standard InChI is InChI=1S/C12H27N3/c1-14(2)12-8-13-7-6-11-15-9-4-3-5-10-15/h13H,3-12H2,1-2H3. The molecule has 0 aromatic rings. The van der Waals surface area contributed by atoms with E-state index in [2.05, 4.69) is 29.2 Å². The molecular formula is C12H27N3. The van der Waals surface area contributed by atoms with Crippen molar-refractivity contribution < 1.29 is 0 Å². The Balaban J connectivity index is 1.83. The third-order valence-electron chi connectivity index (χ3n) is 3.01. The summed E-state index contributed by atoms with van der Waals surface area (Å²) in [6, 6.07) is 0. The van der Waals surface area contributed by atoms with Gasteiger partial charge in [-0.1, -0.05) is 6.42 Å². The predicted octanol–water partition coefficient (Wildman–Crippen LogP) is 1.01. The van der Waals surface area contributed by atoms with Gasteiger partial charge in [0.15, 0.2) is 0 Å². The number of nitrogens with zero attached hydrogens (tertiary/aromatic N) is 2. The lowest BCUT2D eigenvalue weighted by atomic mass is 10.1. The van der Waals surface area contributed by atoms with Gasteiger partial charge in [-0.3, -0.25) is 0 Å². The lowest BCUT2D eigenvalue weighted by Gasteiger charge is -2.26. The van der Waals surface area contributed by atoms with Gasteiger partial charge in [0.2, 0.25) is 0 Å². The Morgan fingerprint density at radius 2 is 1.80 bits per heavy atom. The molecule has 1 fully saturated rings. The Hall–Kier alpha value is -0.120. The van der Waals surface area contributed by atoms with E-state index in [1.54, 1.807) is 0 Å². The van der Waals surface area contributed by atoms with Crippen molar-refractivity contribution in [2.45, 2.75) is 25.7 Å². The van der Waals surface area contributed by atoms with Crippen LogP contribution in [-0.4, -0.2) is 63.2 Å². The summed E-state index contributed by atoms with van der Waals surface area (Å²) in [5.41, 5.74) is 0. The monoisotopic (exact) mass is 213 g/mol. The molecule has 0 amide bonds. The Kier molecular flexibility index (Phi) is 6.98. The molecule has 1 N–H and O–H groups in total. The van der Waals surface area contributed by atoms with Crippen LogP contribution >= 0.6 is 0 Å². The topological polar surface area (TPSA) is 18.5 Å². The fourth-order valence-corrected chi connectivity index (χ4v) is 2.04. The van der Waals surface area contributed by atoms with Crippen LogP contribution < -0.4 is 5.32 Å². The van der Waals surface area contributed by atoms with Crippen molar-refractivity contribution in [1.82, 2.24) is 15.1 Å². The van der Waals surface area contributed by atoms with Gasteiger partial charge in [0.05, 0.1) is 0 Å². The average Bonchev–Trinajstić information content (AvgIpc) is 2.24. The maximum Gasteiger partial charge on any atom is 0.0101 e. The maximum atomic E-state index is 3.49. The second kappa shape index (κ2) is 8.08. The molecule has 0 spiro atoms. The van der Waals surface area contributed by atoms with Gasteiger partial charge >= 0.3 is 0 Å². The molecule has 0 radical (unpaired) electrons. The highest BCUT2D eigenvalue weighted by Crippen LogP contribution is 2.08. The second-order valence-electron chi connectivity index (χ2n) is 4.81. The fraction of sp³-hybridized carbons (Fsp3) is 1.00. The molecule has 3 heteroatoms. The van der Waals surface area contributed by atoms with E-state index in [1.165, 1.54) is 51.9 Å². The van der Waals surface area contributed by atoms with Crippen LogP contribution in [0.25, 0.3) is 0 Å². The van der Waals surface area contributed by atoms with E-state index < -0.39 is 0 Å². The molecule has 1 saturated heterocycles. The first kappa shape index (κ1) is 12.9. The first-order chi connectivity index (χ1) is 7.29. The van der Waals surface area contributed by atoms with Crippen LogP contribution in [0.1, 0.15) is 25.7 Å². The molecular weight excluding hydrogens is 186 g/mol. The highest BCUT2D eigenvalue weighted by molar-refractivity contribution is 4.64. The molecule has 0 unspecified atom stereocenters. The number of likely N-dealkylation sites (N-methyl/N-ethyl adjacent to an activating group) is 1. The molecule has 0 aromatic heterocycles. The largest absolute Gasteiger partial charge is 0.315 e. The van der Waals surface area contributed by atoms with E-state index >= 15 is 0 Å². The quantitative estimate of drug-likeness (QED) is 0.637. The molecule has 1 aliphatic heterocycles. The highest BCUT2D eigenvalue weighted by atomic mass is 15.1. The minimum Gasteiger partial charge on any atom is -0.315 e. The second-order valence-corrected chi connectivity index (χ2v) is 4.81. The summed E-state index contributed by atoms with van der Waals surface area (Å²) in [4.78, 5) is 4.83. The third kappa shape index (κ3) is 6.88. The average molecular weight is 213 g/mol. The fourth-order valence-electron chi connectivity index (χ4n) is 2.04. The zero-order chi connectivity index (χ0) is 10.9. The Morgan fingerprint density at radius 3 is 2.47 bits per heavy atom. The molecule has 3 nitrogen and oxygen atoms in total. The van der Waals surface area contributed by atoms with E-state index in [-0.39, 0.29) is 0 Å². The summed E-state index contributed by atoms with van der Waals surface area (Å²) in [7, 11) is 4.24. The number of hydrogen-bond acceptors (Lipinski definition) is 3. The summed E-state index contributed by atoms with van der Waals surface area (Å²) < 4.78 is 0. The summed E-state index contributed by atoms with van der Waals surface area (Å²) in [5, 5.41) is 3.49. The van der Waals surface area contributed by atoms with Crippen molar-refractivity contribution in [3.05, 3.63) is 0 Å². The Bertz CT molecular complexity index is 142. The van der Waals surface area contributed by atoms with Crippen molar-refractivity contribution >= 4 is 0 Å². The number of rotatable bonds is 7. The zero-order valence-corrected chi connectivity index (χ0v) is 10.5. The van der Waals surface area contributed by atoms with Gasteiger partial charge in [0.1, 0.15) is 0 Å². The van der Waals surface area contributed by atoms with Gasteiger partial charge in [-0.2, -0.15) is 0 Å². The minimum absolute atomic E-state index is 1.12. The summed E-state index contributed by atoms with van der Waals surface area (Å²) in [6.45, 7) is 7.38. The van der Waals surface area contributed by atoms with Gasteiger partial charge in [0.25, 0.3) is 0 Å². The van der Waals surface area contributed by atoms with Crippen LogP contribution in [-0.2, 0) is 0 Å². The lowest BCUT2D eigenvalue weighted by molar-refractivity contribution is 0.225. The van der Waals surface area contributed by atoms with Crippen LogP contribution in [0.3, 0.4) is 0 Å². The number of likely N-dealkylation sites (tertiary alicyclic amines) is 1. The van der Waals surface area contributed by atoms with Crippen molar-refractivity contribution in [3.63, 3.8) is 0 Å². The maximum absolute atomic E-state index is 3.49. The van der Waals surface area contributed by atoms with Crippen molar-refractivity contribution in [1.29, 1.82) is 0 Å². The van der Waals surface area contributed by atoms with Gasteiger partial charge < -0.3 is 15.1 Å². The minimum atomic E-state index is 1.12. The van der Waals surface area contributed by atoms with E-state index in [0.717, 1.165) is 13.1 Å². The molecule has 0 atom stereocenters. The third-order valence-corrected chi connectivity index (χ3v) is 3.01. The lowest BCUT2D eigenvalue weighted by Crippen LogP contribution is -2.33. The van der Waals surface area contributed by atoms with Gasteiger partial charge in [-0.05, 0) is 59.5 Å². The van der Waals surface area contributed by atoms with Crippen LogP contribution in [0, 0.1) is 0 Å². The summed E-state index contributed by atoms with van der Waals surface area (Å²) in [5.74, 6) is 0. The molecule has 0 aromatic carbocycles. The first-order valence-corrected chi connectivity index (χ1v) is 6.37. The van der Waals surface area contributed by atoms with E-state index in [9.17, 15) is 0 Å². The number of nitrogens with one attached hydrogen (secondary N) is 1. The molecule has 1 heterocycles. The van der Waals surface area contributed by atoms with Crippen molar-refractivity contribution in [2.24, 2.45) is 0 Å². The van der Waals surface area contributed by atoms with Gasteiger partial charge in [-0.15, -0.1) is 0 Å². The number of piperidine rings is 1. The van der Waals surface area contributed by atoms with E-state index in [1.807, 2.05) is 0 Å². The molecule has 15 heavy (non-hydrogen) atoms. The summed E-state index contributed by atoms with van der Waals surface area (Å²) >= 11 is 0. The van der Waals surface area contributed by atoms with Crippen LogP contribution in [0.5, 0.6) is 0 Å². The normalized spacial score (nSPS) is 18.6. The SMILES string of the molecule is CN(C)CCNCCCN1CCCCC1. The zero-order valence-electron chi connectivity index (χ0n) is 10.5. The Morgan fingerprint density at radius 1 is 1.07 bits per heavy atom. The van der Waals surface area contributed by atoms with E-state index in [0.29, 0.717) is 0 Å². The highest BCUT2D eigenvalue weighted by Gasteiger charge is 2.08. The van der Waals surface area contributed by atoms with Crippen molar-refractivity contribution in [2.75, 3.05) is 53.4 Å². The van der Waals surface area contributed by atoms with Gasteiger partial charge in [-0.25, -0.2) is 0 Å². The van der Waals surface area contributed by atoms with Crippen LogP contribution in [0.2, 0.25) is 0 Å². The predicted molar refractivity (Wildman–Crippen MR) is 66.3 cm³/mol. The van der Waals surface area contributed by atoms with Gasteiger partial charge in [0, 0.05) is 13.1 Å². The molecule has 0 bridgehead atoms. The first-order valence-electron chi connectivity index (χ1n) is 6.37. The Labute approximate surface area is 94.8 Å². The van der Waals surface area contributed by atoms with Crippen LogP contribution in [0.15, 0.2) is 0 Å². The molecule has 0 saturated carbocycles. The van der Waals surface area contributed by atoms with E-state index in [4.69, 9.17) is 0 Å². The number of hydrogen-bond donors (Lipinski definition) is 1.